The second kappa shape index (κ2) is 9.61. The molecular weight excluding hydrogens is 436 g/mol. The number of carbonyl (C=O) groups is 2. The van der Waals surface area contributed by atoms with Gasteiger partial charge in [0, 0.05) is 25.7 Å². The van der Waals surface area contributed by atoms with Crippen LogP contribution in [-0.4, -0.2) is 48.7 Å². The fraction of sp³-hybridized carbons (Fsp3) is 0.381. The number of thiocarbonyl (C=S) groups is 1. The molecule has 3 heterocycles. The zero-order chi connectivity index (χ0) is 22.7. The van der Waals surface area contributed by atoms with E-state index in [9.17, 15) is 14.4 Å². The minimum absolute atomic E-state index is 0.0470. The highest BCUT2D eigenvalue weighted by Crippen LogP contribution is 2.33. The highest BCUT2D eigenvalue weighted by atomic mass is 32.2. The number of thioether (sulfide) groups is 1. The van der Waals surface area contributed by atoms with Crippen LogP contribution in [0.3, 0.4) is 0 Å². The normalized spacial score (nSPS) is 15.5. The number of aryl methyl sites for hydroxylation is 1. The molecule has 8 nitrogen and oxygen atoms in total. The molecule has 0 bridgehead atoms. The Balaban J connectivity index is 2.01. The Morgan fingerprint density at radius 1 is 1.35 bits per heavy atom. The summed E-state index contributed by atoms with van der Waals surface area (Å²) in [7, 11) is 0. The van der Waals surface area contributed by atoms with E-state index in [4.69, 9.17) is 17.3 Å². The van der Waals surface area contributed by atoms with E-state index in [0.29, 0.717) is 39.6 Å². The number of aromatic nitrogens is 2. The van der Waals surface area contributed by atoms with Crippen molar-refractivity contribution in [2.24, 2.45) is 5.92 Å². The van der Waals surface area contributed by atoms with E-state index in [0.717, 1.165) is 17.3 Å². The zero-order valence-corrected chi connectivity index (χ0v) is 19.2. The second-order valence-electron chi connectivity index (χ2n) is 7.72. The molecule has 10 heteroatoms. The summed E-state index contributed by atoms with van der Waals surface area (Å²) in [6.45, 7) is 6.82. The van der Waals surface area contributed by atoms with Gasteiger partial charge in [-0.2, -0.15) is 0 Å². The Morgan fingerprint density at radius 3 is 2.77 bits per heavy atom. The van der Waals surface area contributed by atoms with Gasteiger partial charge in [0.25, 0.3) is 11.5 Å². The van der Waals surface area contributed by atoms with Crippen molar-refractivity contribution in [3.8, 4) is 0 Å². The third-order valence-corrected chi connectivity index (χ3v) is 5.98. The lowest BCUT2D eigenvalue weighted by atomic mass is 10.2. The van der Waals surface area contributed by atoms with Crippen LogP contribution in [0.1, 0.15) is 37.8 Å². The van der Waals surface area contributed by atoms with E-state index in [1.807, 2.05) is 26.8 Å². The largest absolute Gasteiger partial charge is 0.481 e. The molecule has 1 aliphatic heterocycles. The highest BCUT2D eigenvalue weighted by Gasteiger charge is 2.32. The van der Waals surface area contributed by atoms with Crippen molar-refractivity contribution in [1.82, 2.24) is 14.3 Å². The molecule has 2 aromatic rings. The first-order valence-electron chi connectivity index (χ1n) is 9.91. The number of hydrogen-bond acceptors (Lipinski definition) is 7. The molecule has 1 fully saturated rings. The quantitative estimate of drug-likeness (QED) is 0.457. The Kier molecular flexibility index (Phi) is 7.11. The van der Waals surface area contributed by atoms with Crippen molar-refractivity contribution in [2.75, 3.05) is 18.4 Å². The molecule has 0 saturated carbocycles. The van der Waals surface area contributed by atoms with Crippen LogP contribution in [0.25, 0.3) is 11.7 Å². The molecule has 164 valence electrons. The summed E-state index contributed by atoms with van der Waals surface area (Å²) in [5, 5.41) is 12.0. The lowest BCUT2D eigenvalue weighted by Gasteiger charge is -2.14. The number of amides is 1. The average molecular weight is 461 g/mol. The SMILES string of the molecule is Cc1ccc2nc(NCC(C)C)c(/C=C3/SC(=S)N(CCCC(=O)O)C3=O)c(=O)n2c1. The number of anilines is 1. The van der Waals surface area contributed by atoms with Crippen molar-refractivity contribution >= 4 is 57.7 Å². The average Bonchev–Trinajstić information content (AvgIpc) is 2.96. The maximum absolute atomic E-state index is 13.3. The van der Waals surface area contributed by atoms with Crippen LogP contribution in [0.2, 0.25) is 0 Å². The number of pyridine rings is 1. The summed E-state index contributed by atoms with van der Waals surface area (Å²) in [6, 6.07) is 3.67. The first-order chi connectivity index (χ1) is 14.7. The fourth-order valence-electron chi connectivity index (χ4n) is 3.04. The molecule has 1 aliphatic rings. The molecule has 2 aromatic heterocycles. The van der Waals surface area contributed by atoms with Gasteiger partial charge in [0.2, 0.25) is 0 Å². The molecule has 1 amide bonds. The number of carboxylic acids is 1. The number of fused-ring (bicyclic) bond motifs is 1. The summed E-state index contributed by atoms with van der Waals surface area (Å²) in [6.07, 6.45) is 3.50. The van der Waals surface area contributed by atoms with Crippen molar-refractivity contribution < 1.29 is 14.7 Å². The minimum atomic E-state index is -0.924. The maximum atomic E-state index is 13.3. The third-order valence-electron chi connectivity index (χ3n) is 4.60. The topological polar surface area (TPSA) is 104 Å². The first kappa shape index (κ1) is 23.0. The van der Waals surface area contributed by atoms with Gasteiger partial charge in [0.1, 0.15) is 15.8 Å². The number of carbonyl (C=O) groups excluding carboxylic acids is 1. The number of aliphatic carboxylic acids is 1. The molecule has 0 aliphatic carbocycles. The monoisotopic (exact) mass is 460 g/mol. The van der Waals surface area contributed by atoms with E-state index in [-0.39, 0.29) is 30.0 Å². The van der Waals surface area contributed by atoms with Crippen molar-refractivity contribution in [3.63, 3.8) is 0 Å². The lowest BCUT2D eigenvalue weighted by Crippen LogP contribution is -2.29. The number of rotatable bonds is 8. The number of hydrogen-bond donors (Lipinski definition) is 2. The predicted molar refractivity (Wildman–Crippen MR) is 126 cm³/mol. The molecule has 0 spiro atoms. The second-order valence-corrected chi connectivity index (χ2v) is 9.40. The minimum Gasteiger partial charge on any atom is -0.481 e. The maximum Gasteiger partial charge on any atom is 0.303 e. The van der Waals surface area contributed by atoms with Crippen LogP contribution in [0.4, 0.5) is 5.82 Å². The molecule has 0 unspecified atom stereocenters. The van der Waals surface area contributed by atoms with Gasteiger partial charge in [-0.25, -0.2) is 4.98 Å². The molecule has 2 N–H and O–H groups in total. The van der Waals surface area contributed by atoms with E-state index >= 15 is 0 Å². The Bertz CT molecular complexity index is 1140. The molecule has 0 radical (unpaired) electrons. The Morgan fingerprint density at radius 2 is 2.10 bits per heavy atom. The van der Waals surface area contributed by atoms with Gasteiger partial charge in [-0.3, -0.25) is 23.7 Å². The van der Waals surface area contributed by atoms with E-state index in [1.165, 1.54) is 15.4 Å². The Hall–Kier alpha value is -2.72. The van der Waals surface area contributed by atoms with Gasteiger partial charge >= 0.3 is 5.97 Å². The number of nitrogens with one attached hydrogen (secondary N) is 1. The summed E-state index contributed by atoms with van der Waals surface area (Å²) < 4.78 is 1.82. The summed E-state index contributed by atoms with van der Waals surface area (Å²) >= 11 is 6.40. The van der Waals surface area contributed by atoms with Gasteiger partial charge in [-0.1, -0.05) is 43.9 Å². The molecule has 0 aromatic carbocycles. The standard InChI is InChI=1S/C21H24N4O4S2/c1-12(2)10-22-18-14(19(28)25-11-13(3)6-7-16(25)23-18)9-15-20(29)24(21(30)31-15)8-4-5-17(26)27/h6-7,9,11-12,22H,4-5,8,10H2,1-3H3,(H,26,27)/b15-9+. The van der Waals surface area contributed by atoms with Crippen molar-refractivity contribution in [1.29, 1.82) is 0 Å². The zero-order valence-electron chi connectivity index (χ0n) is 17.5. The van der Waals surface area contributed by atoms with Gasteiger partial charge in [0.05, 0.1) is 10.5 Å². The first-order valence-corrected chi connectivity index (χ1v) is 11.1. The fourth-order valence-corrected chi connectivity index (χ4v) is 4.33. The molecular formula is C21H24N4O4S2. The summed E-state index contributed by atoms with van der Waals surface area (Å²) in [5.41, 5.74) is 1.43. The molecule has 3 rings (SSSR count). The van der Waals surface area contributed by atoms with E-state index in [1.54, 1.807) is 12.3 Å². The van der Waals surface area contributed by atoms with E-state index < -0.39 is 5.97 Å². The summed E-state index contributed by atoms with van der Waals surface area (Å²) in [4.78, 5) is 43.2. The molecule has 1 saturated heterocycles. The van der Waals surface area contributed by atoms with Gasteiger partial charge in [0.15, 0.2) is 0 Å². The van der Waals surface area contributed by atoms with Gasteiger partial charge < -0.3 is 10.4 Å². The molecule has 31 heavy (non-hydrogen) atoms. The van der Waals surface area contributed by atoms with Crippen LogP contribution in [-0.2, 0) is 9.59 Å². The number of carboxylic acid groups (broad SMARTS) is 1. The lowest BCUT2D eigenvalue weighted by molar-refractivity contribution is -0.137. The van der Waals surface area contributed by atoms with Crippen LogP contribution in [0, 0.1) is 12.8 Å². The van der Waals surface area contributed by atoms with E-state index in [2.05, 4.69) is 10.3 Å². The predicted octanol–water partition coefficient (Wildman–Crippen LogP) is 3.14. The van der Waals surface area contributed by atoms with Crippen LogP contribution >= 0.6 is 24.0 Å². The molecule has 0 atom stereocenters. The van der Waals surface area contributed by atoms with Gasteiger partial charge in [-0.05, 0) is 37.0 Å². The van der Waals surface area contributed by atoms with Crippen LogP contribution < -0.4 is 10.9 Å². The van der Waals surface area contributed by atoms with Crippen LogP contribution in [0.15, 0.2) is 28.0 Å². The number of nitrogens with zero attached hydrogens (tertiary/aromatic N) is 3. The van der Waals surface area contributed by atoms with Gasteiger partial charge in [-0.15, -0.1) is 0 Å². The smallest absolute Gasteiger partial charge is 0.303 e. The summed E-state index contributed by atoms with van der Waals surface area (Å²) in [5.74, 6) is -0.506. The van der Waals surface area contributed by atoms with Crippen molar-refractivity contribution in [2.45, 2.75) is 33.6 Å². The Labute approximate surface area is 189 Å². The van der Waals surface area contributed by atoms with Crippen molar-refractivity contribution in [3.05, 3.63) is 44.7 Å². The third kappa shape index (κ3) is 5.31. The van der Waals surface area contributed by atoms with Crippen LogP contribution in [0.5, 0.6) is 0 Å². The highest BCUT2D eigenvalue weighted by molar-refractivity contribution is 8.26.